The lowest BCUT2D eigenvalue weighted by atomic mass is 10.1. The molecule has 0 aliphatic rings. The number of carbonyl (C=O) groups is 2. The van der Waals surface area contributed by atoms with E-state index in [9.17, 15) is 9.59 Å². The van der Waals surface area contributed by atoms with Gasteiger partial charge in [-0.25, -0.2) is 4.98 Å². The SMILES string of the molecule is Cc1cccc(NC(=O)Cn2c(C(=O)c3ccc(Cl)cc3)nc3ccccc32)c1. The summed E-state index contributed by atoms with van der Waals surface area (Å²) in [5.74, 6) is -0.280. The molecule has 6 heteroatoms. The second-order valence-corrected chi connectivity index (χ2v) is 7.20. The number of halogens is 1. The van der Waals surface area contributed by atoms with Crippen molar-refractivity contribution in [3.05, 3.63) is 94.8 Å². The Morgan fingerprint density at radius 1 is 1.00 bits per heavy atom. The monoisotopic (exact) mass is 403 g/mol. The summed E-state index contributed by atoms with van der Waals surface area (Å²) in [7, 11) is 0. The minimum atomic E-state index is -0.263. The van der Waals surface area contributed by atoms with Crippen LogP contribution in [0.1, 0.15) is 21.7 Å². The molecule has 1 heterocycles. The zero-order valence-electron chi connectivity index (χ0n) is 15.7. The number of nitrogens with one attached hydrogen (secondary N) is 1. The minimum absolute atomic E-state index is 0.0247. The smallest absolute Gasteiger partial charge is 0.244 e. The molecule has 0 aliphatic heterocycles. The maximum atomic E-state index is 13.1. The van der Waals surface area contributed by atoms with Crippen LogP contribution in [0, 0.1) is 6.92 Å². The van der Waals surface area contributed by atoms with Crippen LogP contribution in [0.15, 0.2) is 72.8 Å². The quantitative estimate of drug-likeness (QED) is 0.483. The van der Waals surface area contributed by atoms with Gasteiger partial charge in [-0.3, -0.25) is 9.59 Å². The lowest BCUT2D eigenvalue weighted by molar-refractivity contribution is -0.116. The van der Waals surface area contributed by atoms with Gasteiger partial charge in [0.1, 0.15) is 6.54 Å². The number of anilines is 1. The van der Waals surface area contributed by atoms with Gasteiger partial charge in [-0.2, -0.15) is 0 Å². The highest BCUT2D eigenvalue weighted by atomic mass is 35.5. The molecule has 29 heavy (non-hydrogen) atoms. The largest absolute Gasteiger partial charge is 0.325 e. The number of benzene rings is 3. The normalized spacial score (nSPS) is 10.8. The van der Waals surface area contributed by atoms with Crippen molar-refractivity contribution >= 4 is 40.0 Å². The van der Waals surface area contributed by atoms with E-state index in [1.807, 2.05) is 55.5 Å². The maximum absolute atomic E-state index is 13.1. The van der Waals surface area contributed by atoms with Gasteiger partial charge in [-0.15, -0.1) is 0 Å². The average molecular weight is 404 g/mol. The first-order chi connectivity index (χ1) is 14.0. The second-order valence-electron chi connectivity index (χ2n) is 6.76. The molecule has 0 aliphatic carbocycles. The molecule has 4 rings (SSSR count). The van der Waals surface area contributed by atoms with E-state index >= 15 is 0 Å². The van der Waals surface area contributed by atoms with Gasteiger partial charge in [0, 0.05) is 16.3 Å². The van der Waals surface area contributed by atoms with Crippen molar-refractivity contribution in [3.8, 4) is 0 Å². The molecule has 1 aromatic heterocycles. The van der Waals surface area contributed by atoms with Crippen LogP contribution in [0.3, 0.4) is 0 Å². The molecule has 144 valence electrons. The third-order valence-corrected chi connectivity index (χ3v) is 4.82. The molecule has 0 unspecified atom stereocenters. The average Bonchev–Trinajstić information content (AvgIpc) is 3.06. The van der Waals surface area contributed by atoms with Gasteiger partial charge >= 0.3 is 0 Å². The lowest BCUT2D eigenvalue weighted by Crippen LogP contribution is -2.22. The number of aromatic nitrogens is 2. The Labute approximate surface area is 173 Å². The van der Waals surface area contributed by atoms with Gasteiger partial charge in [0.05, 0.1) is 11.0 Å². The van der Waals surface area contributed by atoms with Crippen molar-refractivity contribution in [2.24, 2.45) is 0 Å². The minimum Gasteiger partial charge on any atom is -0.325 e. The van der Waals surface area contributed by atoms with Gasteiger partial charge in [-0.05, 0) is 61.0 Å². The standard InChI is InChI=1S/C23H18ClN3O2/c1-15-5-4-6-18(13-15)25-21(28)14-27-20-8-3-2-7-19(20)26-23(27)22(29)16-9-11-17(24)12-10-16/h2-13H,14H2,1H3,(H,25,28). The van der Waals surface area contributed by atoms with Crippen molar-refractivity contribution in [2.75, 3.05) is 5.32 Å². The topological polar surface area (TPSA) is 64.0 Å². The van der Waals surface area contributed by atoms with E-state index in [0.717, 1.165) is 11.1 Å². The molecule has 0 atom stereocenters. The zero-order chi connectivity index (χ0) is 20.4. The molecule has 1 amide bonds. The number of imidazole rings is 1. The molecule has 0 radical (unpaired) electrons. The van der Waals surface area contributed by atoms with Gasteiger partial charge < -0.3 is 9.88 Å². The Kier molecular flexibility index (Phi) is 5.14. The van der Waals surface area contributed by atoms with Gasteiger partial charge in [0.2, 0.25) is 11.7 Å². The number of amides is 1. The molecule has 3 aromatic carbocycles. The van der Waals surface area contributed by atoms with E-state index in [1.165, 1.54) is 0 Å². The Balaban J connectivity index is 1.69. The molecule has 0 fully saturated rings. The van der Waals surface area contributed by atoms with Gasteiger partial charge in [-0.1, -0.05) is 35.9 Å². The van der Waals surface area contributed by atoms with E-state index in [2.05, 4.69) is 10.3 Å². The van der Waals surface area contributed by atoms with Gasteiger partial charge in [0.25, 0.3) is 0 Å². The first-order valence-electron chi connectivity index (χ1n) is 9.13. The predicted octanol–water partition coefficient (Wildman–Crippen LogP) is 4.87. The maximum Gasteiger partial charge on any atom is 0.244 e. The van der Waals surface area contributed by atoms with Crippen LogP contribution in [-0.2, 0) is 11.3 Å². The molecular formula is C23H18ClN3O2. The highest BCUT2D eigenvalue weighted by Crippen LogP contribution is 2.20. The summed E-state index contributed by atoms with van der Waals surface area (Å²) >= 11 is 5.93. The van der Waals surface area contributed by atoms with Crippen LogP contribution in [0.5, 0.6) is 0 Å². The Morgan fingerprint density at radius 2 is 1.76 bits per heavy atom. The Bertz CT molecular complexity index is 1210. The molecule has 1 N–H and O–H groups in total. The fourth-order valence-corrected chi connectivity index (χ4v) is 3.33. The number of para-hydroxylation sites is 2. The number of nitrogens with zero attached hydrogens (tertiary/aromatic N) is 2. The van der Waals surface area contributed by atoms with Crippen molar-refractivity contribution < 1.29 is 9.59 Å². The van der Waals surface area contributed by atoms with Crippen LogP contribution in [0.4, 0.5) is 5.69 Å². The lowest BCUT2D eigenvalue weighted by Gasteiger charge is -2.10. The fourth-order valence-electron chi connectivity index (χ4n) is 3.21. The first kappa shape index (κ1) is 18.9. The molecule has 0 bridgehead atoms. The third-order valence-electron chi connectivity index (χ3n) is 4.57. The van der Waals surface area contributed by atoms with E-state index in [4.69, 9.17) is 11.6 Å². The summed E-state index contributed by atoms with van der Waals surface area (Å²) in [6.07, 6.45) is 0. The summed E-state index contributed by atoms with van der Waals surface area (Å²) < 4.78 is 1.65. The number of carbonyl (C=O) groups excluding carboxylic acids is 2. The summed E-state index contributed by atoms with van der Waals surface area (Å²) in [5, 5.41) is 3.43. The highest BCUT2D eigenvalue weighted by Gasteiger charge is 2.20. The van der Waals surface area contributed by atoms with Crippen molar-refractivity contribution in [3.63, 3.8) is 0 Å². The first-order valence-corrected chi connectivity index (χ1v) is 9.51. The van der Waals surface area contributed by atoms with Crippen LogP contribution in [0.2, 0.25) is 5.02 Å². The van der Waals surface area contributed by atoms with Gasteiger partial charge in [0.15, 0.2) is 5.82 Å². The number of ketones is 1. The Hall–Kier alpha value is -3.44. The third kappa shape index (κ3) is 4.05. The Morgan fingerprint density at radius 3 is 2.52 bits per heavy atom. The number of fused-ring (bicyclic) bond motifs is 1. The molecular weight excluding hydrogens is 386 g/mol. The fraction of sp³-hybridized carbons (Fsp3) is 0.0870. The zero-order valence-corrected chi connectivity index (χ0v) is 16.5. The molecule has 0 saturated heterocycles. The number of rotatable bonds is 5. The molecule has 0 spiro atoms. The van der Waals surface area contributed by atoms with Crippen LogP contribution < -0.4 is 5.32 Å². The van der Waals surface area contributed by atoms with E-state index in [-0.39, 0.29) is 24.1 Å². The summed E-state index contributed by atoms with van der Waals surface area (Å²) in [4.78, 5) is 30.3. The van der Waals surface area contributed by atoms with Crippen molar-refractivity contribution in [1.29, 1.82) is 0 Å². The van der Waals surface area contributed by atoms with E-state index in [0.29, 0.717) is 21.8 Å². The molecule has 0 saturated carbocycles. The second kappa shape index (κ2) is 7.89. The predicted molar refractivity (Wildman–Crippen MR) is 114 cm³/mol. The van der Waals surface area contributed by atoms with Crippen molar-refractivity contribution in [2.45, 2.75) is 13.5 Å². The number of hydrogen-bond donors (Lipinski definition) is 1. The van der Waals surface area contributed by atoms with Crippen LogP contribution >= 0.6 is 11.6 Å². The highest BCUT2D eigenvalue weighted by molar-refractivity contribution is 6.30. The van der Waals surface area contributed by atoms with Crippen LogP contribution in [0.25, 0.3) is 11.0 Å². The summed E-state index contributed by atoms with van der Waals surface area (Å²) in [6.45, 7) is 1.94. The summed E-state index contributed by atoms with van der Waals surface area (Å²) in [5.41, 5.74) is 3.61. The summed E-state index contributed by atoms with van der Waals surface area (Å²) in [6, 6.07) is 21.6. The number of hydrogen-bond acceptors (Lipinski definition) is 3. The van der Waals surface area contributed by atoms with Crippen molar-refractivity contribution in [1.82, 2.24) is 9.55 Å². The molecule has 4 aromatic rings. The van der Waals surface area contributed by atoms with E-state index in [1.54, 1.807) is 28.8 Å². The van der Waals surface area contributed by atoms with Crippen LogP contribution in [-0.4, -0.2) is 21.2 Å². The number of aryl methyl sites for hydroxylation is 1. The van der Waals surface area contributed by atoms with E-state index < -0.39 is 0 Å². The molecule has 5 nitrogen and oxygen atoms in total.